The van der Waals surface area contributed by atoms with Gasteiger partial charge >= 0.3 is 0 Å². The second kappa shape index (κ2) is 7.11. The molecule has 0 saturated heterocycles. The first-order valence-electron chi connectivity index (χ1n) is 6.60. The number of hydrogen-bond donors (Lipinski definition) is 1. The minimum atomic E-state index is 0.240. The smallest absolute Gasteiger partial charge is 0.143 e. The quantitative estimate of drug-likeness (QED) is 0.755. The van der Waals surface area contributed by atoms with E-state index in [1.54, 1.807) is 0 Å². The normalized spacial score (nSPS) is 12.0. The number of hydrogen-bond acceptors (Lipinski definition) is 4. The minimum absolute atomic E-state index is 0.240. The van der Waals surface area contributed by atoms with E-state index in [4.69, 9.17) is 4.98 Å². The highest BCUT2D eigenvalue weighted by molar-refractivity contribution is 14.1. The second-order valence-electron chi connectivity index (χ2n) is 6.00. The van der Waals surface area contributed by atoms with Crippen molar-refractivity contribution >= 4 is 40.2 Å². The summed E-state index contributed by atoms with van der Waals surface area (Å²) in [6, 6.07) is 0. The second-order valence-corrected chi connectivity index (χ2v) is 8.88. The molecule has 1 heterocycles. The Morgan fingerprint density at radius 2 is 1.89 bits per heavy atom. The average Bonchev–Trinajstić information content (AvgIpc) is 2.28. The molecule has 0 fully saturated rings. The van der Waals surface area contributed by atoms with E-state index in [9.17, 15) is 0 Å². The zero-order chi connectivity index (χ0) is 14.6. The van der Waals surface area contributed by atoms with Crippen molar-refractivity contribution in [3.05, 3.63) is 15.1 Å². The predicted molar refractivity (Wildman–Crippen MR) is 93.9 cm³/mol. The Balaban J connectivity index is 2.99. The van der Waals surface area contributed by atoms with Gasteiger partial charge in [-0.25, -0.2) is 9.97 Å². The number of nitrogens with one attached hydrogen (secondary N) is 1. The zero-order valence-corrected chi connectivity index (χ0v) is 15.6. The molecule has 0 amide bonds. The number of thioether (sulfide) groups is 1. The lowest BCUT2D eigenvalue weighted by Gasteiger charge is -2.18. The molecule has 108 valence electrons. The van der Waals surface area contributed by atoms with Gasteiger partial charge in [-0.1, -0.05) is 34.6 Å². The van der Waals surface area contributed by atoms with Gasteiger partial charge in [-0.15, -0.1) is 11.8 Å². The van der Waals surface area contributed by atoms with Crippen LogP contribution in [0.5, 0.6) is 0 Å². The van der Waals surface area contributed by atoms with E-state index in [1.165, 1.54) is 5.69 Å². The summed E-state index contributed by atoms with van der Waals surface area (Å²) in [5, 5.41) is 3.18. The van der Waals surface area contributed by atoms with E-state index >= 15 is 0 Å². The van der Waals surface area contributed by atoms with Crippen molar-refractivity contribution in [2.24, 2.45) is 5.92 Å². The van der Waals surface area contributed by atoms with Crippen LogP contribution >= 0.6 is 34.4 Å². The lowest BCUT2D eigenvalue weighted by atomic mass is 10.1. The first-order chi connectivity index (χ1) is 8.73. The SMILES string of the molecule is CNc1nc(CSC(C)(C)C)nc(CC(C)C)c1I. The fourth-order valence-corrected chi connectivity index (χ4v) is 3.00. The molecule has 1 N–H and O–H groups in total. The third kappa shape index (κ3) is 5.85. The van der Waals surface area contributed by atoms with Gasteiger partial charge in [0.25, 0.3) is 0 Å². The summed E-state index contributed by atoms with van der Waals surface area (Å²) < 4.78 is 1.39. The van der Waals surface area contributed by atoms with Gasteiger partial charge in [-0.3, -0.25) is 0 Å². The Bertz CT molecular complexity index is 427. The zero-order valence-electron chi connectivity index (χ0n) is 12.7. The summed E-state index contributed by atoms with van der Waals surface area (Å²) in [6.45, 7) is 11.1. The first kappa shape index (κ1) is 17.0. The lowest BCUT2D eigenvalue weighted by molar-refractivity contribution is 0.629. The molecular formula is C14H24IN3S. The van der Waals surface area contributed by atoms with Crippen molar-refractivity contribution in [3.8, 4) is 0 Å². The fourth-order valence-electron chi connectivity index (χ4n) is 1.58. The molecule has 0 atom stereocenters. The Morgan fingerprint density at radius 3 is 2.37 bits per heavy atom. The van der Waals surface area contributed by atoms with E-state index in [0.29, 0.717) is 5.92 Å². The van der Waals surface area contributed by atoms with Gasteiger partial charge in [0, 0.05) is 11.8 Å². The molecule has 1 rings (SSSR count). The molecule has 0 saturated carbocycles. The van der Waals surface area contributed by atoms with Gasteiger partial charge in [-0.2, -0.15) is 0 Å². The van der Waals surface area contributed by atoms with E-state index in [1.807, 2.05) is 18.8 Å². The molecule has 3 nitrogen and oxygen atoms in total. The fraction of sp³-hybridized carbons (Fsp3) is 0.714. The summed E-state index contributed by atoms with van der Waals surface area (Å²) in [7, 11) is 1.92. The summed E-state index contributed by atoms with van der Waals surface area (Å²) in [6.07, 6.45) is 1.00. The van der Waals surface area contributed by atoms with Crippen LogP contribution in [0.2, 0.25) is 0 Å². The van der Waals surface area contributed by atoms with Crippen LogP contribution in [0.1, 0.15) is 46.1 Å². The number of halogens is 1. The number of rotatable bonds is 5. The molecule has 0 bridgehead atoms. The third-order valence-corrected chi connectivity index (χ3v) is 4.84. The van der Waals surface area contributed by atoms with Crippen molar-refractivity contribution in [2.75, 3.05) is 12.4 Å². The third-order valence-electron chi connectivity index (χ3n) is 2.44. The average molecular weight is 393 g/mol. The lowest BCUT2D eigenvalue weighted by Crippen LogP contribution is -2.12. The predicted octanol–water partition coefficient (Wildman–Crippen LogP) is 4.35. The molecular weight excluding hydrogens is 369 g/mol. The number of anilines is 1. The minimum Gasteiger partial charge on any atom is -0.372 e. The van der Waals surface area contributed by atoms with Gasteiger partial charge in [0.2, 0.25) is 0 Å². The molecule has 0 radical (unpaired) electrons. The van der Waals surface area contributed by atoms with E-state index in [0.717, 1.165) is 27.4 Å². The first-order valence-corrected chi connectivity index (χ1v) is 8.66. The highest BCUT2D eigenvalue weighted by Gasteiger charge is 2.15. The van der Waals surface area contributed by atoms with Crippen LogP contribution in [0.15, 0.2) is 0 Å². The largest absolute Gasteiger partial charge is 0.372 e. The van der Waals surface area contributed by atoms with Crippen molar-refractivity contribution in [2.45, 2.75) is 51.5 Å². The molecule has 0 aliphatic carbocycles. The molecule has 19 heavy (non-hydrogen) atoms. The van der Waals surface area contributed by atoms with Crippen LogP contribution in [-0.2, 0) is 12.2 Å². The van der Waals surface area contributed by atoms with Crippen molar-refractivity contribution < 1.29 is 0 Å². The van der Waals surface area contributed by atoms with Crippen LogP contribution in [0.25, 0.3) is 0 Å². The molecule has 0 aliphatic heterocycles. The molecule has 0 aliphatic rings. The Labute approximate surface area is 134 Å². The summed E-state index contributed by atoms with van der Waals surface area (Å²) in [4.78, 5) is 9.36. The highest BCUT2D eigenvalue weighted by Crippen LogP contribution is 2.28. The molecule has 0 aromatic carbocycles. The highest BCUT2D eigenvalue weighted by atomic mass is 127. The van der Waals surface area contributed by atoms with Crippen LogP contribution in [0.4, 0.5) is 5.82 Å². The maximum absolute atomic E-state index is 4.74. The van der Waals surface area contributed by atoms with Gasteiger partial charge < -0.3 is 5.32 Å². The standard InChI is InChI=1S/C14H24IN3S/c1-9(2)7-10-12(15)13(16-6)18-11(17-10)8-19-14(3,4)5/h9H,7-8H2,1-6H3,(H,16,17,18). The van der Waals surface area contributed by atoms with Crippen LogP contribution in [-0.4, -0.2) is 21.8 Å². The van der Waals surface area contributed by atoms with Gasteiger partial charge in [0.15, 0.2) is 0 Å². The number of aromatic nitrogens is 2. The Hall–Kier alpha value is -0.0400. The van der Waals surface area contributed by atoms with Crippen molar-refractivity contribution in [1.29, 1.82) is 0 Å². The molecule has 1 aromatic rings. The van der Waals surface area contributed by atoms with Crippen LogP contribution in [0, 0.1) is 9.49 Å². The van der Waals surface area contributed by atoms with Crippen LogP contribution < -0.4 is 5.32 Å². The molecule has 0 spiro atoms. The summed E-state index contributed by atoms with van der Waals surface area (Å²) in [5.41, 5.74) is 1.17. The van der Waals surface area contributed by atoms with Crippen molar-refractivity contribution in [3.63, 3.8) is 0 Å². The van der Waals surface area contributed by atoms with Gasteiger partial charge in [-0.05, 0) is 34.9 Å². The van der Waals surface area contributed by atoms with Crippen LogP contribution in [0.3, 0.4) is 0 Å². The maximum Gasteiger partial charge on any atom is 0.143 e. The van der Waals surface area contributed by atoms with Gasteiger partial charge in [0.05, 0.1) is 15.0 Å². The topological polar surface area (TPSA) is 37.8 Å². The monoisotopic (exact) mass is 393 g/mol. The Morgan fingerprint density at radius 1 is 1.26 bits per heavy atom. The molecule has 1 aromatic heterocycles. The van der Waals surface area contributed by atoms with E-state index in [-0.39, 0.29) is 4.75 Å². The molecule has 0 unspecified atom stereocenters. The van der Waals surface area contributed by atoms with Crippen molar-refractivity contribution in [1.82, 2.24) is 9.97 Å². The summed E-state index contributed by atoms with van der Waals surface area (Å²) >= 11 is 4.23. The van der Waals surface area contributed by atoms with Gasteiger partial charge in [0.1, 0.15) is 11.6 Å². The summed E-state index contributed by atoms with van der Waals surface area (Å²) in [5.74, 6) is 3.35. The number of nitrogens with zero attached hydrogens (tertiary/aromatic N) is 2. The maximum atomic E-state index is 4.74. The molecule has 5 heteroatoms. The van der Waals surface area contributed by atoms with E-state index < -0.39 is 0 Å². The van der Waals surface area contributed by atoms with E-state index in [2.05, 4.69) is 67.5 Å². The Kier molecular flexibility index (Phi) is 6.36.